The van der Waals surface area contributed by atoms with Crippen LogP contribution in [0.5, 0.6) is 5.75 Å². The molecule has 0 spiro atoms. The van der Waals surface area contributed by atoms with Crippen molar-refractivity contribution in [1.82, 2.24) is 14.5 Å². The predicted molar refractivity (Wildman–Crippen MR) is 121 cm³/mol. The number of benzene rings is 2. The average molecular weight is 446 g/mol. The normalized spacial score (nSPS) is 17.0. The topological polar surface area (TPSA) is 79.0 Å². The summed E-state index contributed by atoms with van der Waals surface area (Å²) in [5, 5.41) is 3.02. The van der Waals surface area contributed by atoms with Crippen LogP contribution in [0.3, 0.4) is 0 Å². The second-order valence-corrected chi connectivity index (χ2v) is 9.82. The Kier molecular flexibility index (Phi) is 7.69. The van der Waals surface area contributed by atoms with Crippen LogP contribution in [0.2, 0.25) is 0 Å². The molecule has 1 aliphatic heterocycles. The summed E-state index contributed by atoms with van der Waals surface area (Å²) in [6.45, 7) is 6.10. The lowest BCUT2D eigenvalue weighted by molar-refractivity contribution is -0.122. The lowest BCUT2D eigenvalue weighted by Gasteiger charge is -2.23. The van der Waals surface area contributed by atoms with Crippen LogP contribution in [-0.4, -0.2) is 63.4 Å². The van der Waals surface area contributed by atoms with Gasteiger partial charge < -0.3 is 10.1 Å². The molecule has 0 bridgehead atoms. The highest BCUT2D eigenvalue weighted by molar-refractivity contribution is 7.89. The Labute approximate surface area is 185 Å². The average Bonchev–Trinajstić information content (AvgIpc) is 3.00. The molecular weight excluding hydrogens is 414 g/mol. The van der Waals surface area contributed by atoms with Crippen LogP contribution in [0.15, 0.2) is 53.4 Å². The standard InChI is InChI=1S/C23H31N3O4S/c1-18-9-11-20(12-10-18)31(28,29)26-14-6-13-25(15-16-26)17-23(27)24-19(2)21-7-4-5-8-22(21)30-3/h4-5,7-12,19H,6,13-17H2,1-3H3,(H,24,27). The van der Waals surface area contributed by atoms with Gasteiger partial charge in [-0.25, -0.2) is 8.42 Å². The zero-order valence-electron chi connectivity index (χ0n) is 18.4. The van der Waals surface area contributed by atoms with Gasteiger partial charge in [-0.05, 0) is 45.0 Å². The maximum Gasteiger partial charge on any atom is 0.243 e. The molecule has 1 amide bonds. The van der Waals surface area contributed by atoms with Crippen molar-refractivity contribution in [2.24, 2.45) is 0 Å². The molecule has 168 valence electrons. The zero-order valence-corrected chi connectivity index (χ0v) is 19.2. The minimum absolute atomic E-state index is 0.0896. The fraction of sp³-hybridized carbons (Fsp3) is 0.435. The molecule has 1 aliphatic rings. The van der Waals surface area contributed by atoms with E-state index in [2.05, 4.69) is 5.32 Å². The molecule has 1 fully saturated rings. The maximum atomic E-state index is 13.0. The van der Waals surface area contributed by atoms with E-state index in [4.69, 9.17) is 4.74 Å². The minimum atomic E-state index is -3.52. The Balaban J connectivity index is 1.57. The number of para-hydroxylation sites is 1. The molecule has 8 heteroatoms. The van der Waals surface area contributed by atoms with Gasteiger partial charge in [-0.2, -0.15) is 4.31 Å². The summed E-state index contributed by atoms with van der Waals surface area (Å²) in [5.74, 6) is 0.648. The number of carbonyl (C=O) groups is 1. The number of hydrogen-bond donors (Lipinski definition) is 1. The Bertz CT molecular complexity index is 992. The Morgan fingerprint density at radius 2 is 1.77 bits per heavy atom. The molecule has 7 nitrogen and oxygen atoms in total. The lowest BCUT2D eigenvalue weighted by atomic mass is 10.1. The van der Waals surface area contributed by atoms with Crippen molar-refractivity contribution in [3.05, 3.63) is 59.7 Å². The molecule has 3 rings (SSSR count). The van der Waals surface area contributed by atoms with E-state index < -0.39 is 10.0 Å². The summed E-state index contributed by atoms with van der Waals surface area (Å²) in [6, 6.07) is 14.4. The van der Waals surface area contributed by atoms with Gasteiger partial charge in [0.05, 0.1) is 24.6 Å². The first-order valence-electron chi connectivity index (χ1n) is 10.5. The van der Waals surface area contributed by atoms with Crippen LogP contribution in [-0.2, 0) is 14.8 Å². The minimum Gasteiger partial charge on any atom is -0.496 e. The lowest BCUT2D eigenvalue weighted by Crippen LogP contribution is -2.40. The van der Waals surface area contributed by atoms with Crippen molar-refractivity contribution in [2.75, 3.05) is 39.8 Å². The number of methoxy groups -OCH3 is 1. The molecule has 2 aromatic carbocycles. The van der Waals surface area contributed by atoms with E-state index in [9.17, 15) is 13.2 Å². The monoisotopic (exact) mass is 445 g/mol. The van der Waals surface area contributed by atoms with Crippen LogP contribution >= 0.6 is 0 Å². The van der Waals surface area contributed by atoms with Crippen molar-refractivity contribution in [3.63, 3.8) is 0 Å². The maximum absolute atomic E-state index is 13.0. The van der Waals surface area contributed by atoms with E-state index >= 15 is 0 Å². The quantitative estimate of drug-likeness (QED) is 0.709. The van der Waals surface area contributed by atoms with Gasteiger partial charge in [0, 0.05) is 25.2 Å². The van der Waals surface area contributed by atoms with Crippen molar-refractivity contribution < 1.29 is 17.9 Å². The number of sulfonamides is 1. The highest BCUT2D eigenvalue weighted by Crippen LogP contribution is 2.24. The van der Waals surface area contributed by atoms with Crippen LogP contribution < -0.4 is 10.1 Å². The van der Waals surface area contributed by atoms with Crippen LogP contribution in [0.4, 0.5) is 0 Å². The molecule has 0 saturated carbocycles. The first-order valence-corrected chi connectivity index (χ1v) is 12.0. The van der Waals surface area contributed by atoms with E-state index in [1.807, 2.05) is 55.1 Å². The van der Waals surface area contributed by atoms with E-state index in [1.54, 1.807) is 19.2 Å². The Morgan fingerprint density at radius 3 is 2.48 bits per heavy atom. The van der Waals surface area contributed by atoms with Crippen molar-refractivity contribution >= 4 is 15.9 Å². The van der Waals surface area contributed by atoms with Gasteiger partial charge in [-0.1, -0.05) is 35.9 Å². The highest BCUT2D eigenvalue weighted by atomic mass is 32.2. The largest absolute Gasteiger partial charge is 0.496 e. The molecule has 1 saturated heterocycles. The van der Waals surface area contributed by atoms with Gasteiger partial charge in [-0.15, -0.1) is 0 Å². The smallest absolute Gasteiger partial charge is 0.243 e. The summed E-state index contributed by atoms with van der Waals surface area (Å²) < 4.78 is 32.8. The fourth-order valence-corrected chi connectivity index (χ4v) is 5.27. The molecule has 2 aromatic rings. The van der Waals surface area contributed by atoms with Crippen LogP contribution in [0, 0.1) is 6.92 Å². The third kappa shape index (κ3) is 5.84. The fourth-order valence-electron chi connectivity index (χ4n) is 3.80. The first-order chi connectivity index (χ1) is 14.8. The number of carbonyl (C=O) groups excluding carboxylic acids is 1. The van der Waals surface area contributed by atoms with E-state index in [-0.39, 0.29) is 18.5 Å². The van der Waals surface area contributed by atoms with Crippen molar-refractivity contribution in [2.45, 2.75) is 31.2 Å². The number of amides is 1. The predicted octanol–water partition coefficient (Wildman–Crippen LogP) is 2.58. The molecule has 1 unspecified atom stereocenters. The summed E-state index contributed by atoms with van der Waals surface area (Å²) >= 11 is 0. The number of nitrogens with one attached hydrogen (secondary N) is 1. The van der Waals surface area contributed by atoms with Gasteiger partial charge in [0.2, 0.25) is 15.9 Å². The van der Waals surface area contributed by atoms with Gasteiger partial charge in [0.1, 0.15) is 5.75 Å². The van der Waals surface area contributed by atoms with Gasteiger partial charge in [0.25, 0.3) is 0 Å². The second-order valence-electron chi connectivity index (χ2n) is 7.88. The molecule has 0 aliphatic carbocycles. The SMILES string of the molecule is COc1ccccc1C(C)NC(=O)CN1CCCN(S(=O)(=O)c2ccc(C)cc2)CC1. The molecular formula is C23H31N3O4S. The number of rotatable bonds is 7. The zero-order chi connectivity index (χ0) is 22.4. The third-order valence-electron chi connectivity index (χ3n) is 5.56. The number of hydrogen-bond acceptors (Lipinski definition) is 5. The molecule has 1 atom stereocenters. The van der Waals surface area contributed by atoms with Gasteiger partial charge >= 0.3 is 0 Å². The molecule has 1 heterocycles. The summed E-state index contributed by atoms with van der Waals surface area (Å²) in [7, 11) is -1.91. The van der Waals surface area contributed by atoms with E-state index in [1.165, 1.54) is 4.31 Å². The van der Waals surface area contributed by atoms with Crippen LogP contribution in [0.25, 0.3) is 0 Å². The number of nitrogens with zero attached hydrogens (tertiary/aromatic N) is 2. The summed E-state index contributed by atoms with van der Waals surface area (Å²) in [6.07, 6.45) is 0.681. The summed E-state index contributed by atoms with van der Waals surface area (Å²) in [4.78, 5) is 14.9. The number of ether oxygens (including phenoxy) is 1. The van der Waals surface area contributed by atoms with Gasteiger partial charge in [0.15, 0.2) is 0 Å². The van der Waals surface area contributed by atoms with Gasteiger partial charge in [-0.3, -0.25) is 9.69 Å². The van der Waals surface area contributed by atoms with E-state index in [0.717, 1.165) is 16.9 Å². The van der Waals surface area contributed by atoms with E-state index in [0.29, 0.717) is 37.5 Å². The van der Waals surface area contributed by atoms with Crippen molar-refractivity contribution in [3.8, 4) is 5.75 Å². The second kappa shape index (κ2) is 10.3. The Morgan fingerprint density at radius 1 is 1.06 bits per heavy atom. The molecule has 1 N–H and O–H groups in total. The highest BCUT2D eigenvalue weighted by Gasteiger charge is 2.27. The Hall–Kier alpha value is -2.42. The van der Waals surface area contributed by atoms with Crippen molar-refractivity contribution in [1.29, 1.82) is 0 Å². The summed E-state index contributed by atoms with van der Waals surface area (Å²) in [5.41, 5.74) is 1.94. The molecule has 0 aromatic heterocycles. The third-order valence-corrected chi connectivity index (χ3v) is 7.47. The first kappa shape index (κ1) is 23.2. The van der Waals surface area contributed by atoms with Crippen LogP contribution in [0.1, 0.15) is 30.5 Å². The number of aryl methyl sites for hydroxylation is 1. The molecule has 0 radical (unpaired) electrons. The molecule has 31 heavy (non-hydrogen) atoms.